The molecule has 0 unspecified atom stereocenters. The van der Waals surface area contributed by atoms with Crippen LogP contribution >= 0.6 is 0 Å². The van der Waals surface area contributed by atoms with E-state index in [9.17, 15) is 14.0 Å². The molecule has 2 N–H and O–H groups in total. The number of hydrogen-bond acceptors (Lipinski definition) is 2. The Balaban J connectivity index is 1.83. The lowest BCUT2D eigenvalue weighted by Crippen LogP contribution is -2.40. The molecule has 0 spiro atoms. The second-order valence-electron chi connectivity index (χ2n) is 5.17. The second kappa shape index (κ2) is 5.97. The van der Waals surface area contributed by atoms with Crippen LogP contribution in [0.4, 0.5) is 4.39 Å². The van der Waals surface area contributed by atoms with E-state index in [0.717, 1.165) is 0 Å². The van der Waals surface area contributed by atoms with Crippen LogP contribution in [0.1, 0.15) is 16.8 Å². The number of carbonyl (C=O) groups is 2. The number of hydrogen-bond donors (Lipinski definition) is 2. The van der Waals surface area contributed by atoms with E-state index in [1.807, 2.05) is 0 Å². The summed E-state index contributed by atoms with van der Waals surface area (Å²) >= 11 is 0. The second-order valence-corrected chi connectivity index (χ2v) is 5.17. The van der Waals surface area contributed by atoms with E-state index < -0.39 is 6.04 Å². The Bertz CT molecular complexity index is 730. The van der Waals surface area contributed by atoms with Crippen molar-refractivity contribution in [3.05, 3.63) is 59.9 Å². The predicted molar refractivity (Wildman–Crippen MR) is 80.7 cm³/mol. The van der Waals surface area contributed by atoms with Crippen molar-refractivity contribution in [1.29, 1.82) is 0 Å². The van der Waals surface area contributed by atoms with Crippen molar-refractivity contribution < 1.29 is 14.0 Å². The predicted octanol–water partition coefficient (Wildman–Crippen LogP) is 2.11. The van der Waals surface area contributed by atoms with Gasteiger partial charge in [-0.15, -0.1) is 0 Å². The number of amides is 2. The zero-order valence-corrected chi connectivity index (χ0v) is 11.8. The lowest BCUT2D eigenvalue weighted by Gasteiger charge is -2.11. The quantitative estimate of drug-likeness (QED) is 0.912. The Morgan fingerprint density at radius 3 is 2.73 bits per heavy atom. The summed E-state index contributed by atoms with van der Waals surface area (Å²) in [4.78, 5) is 23.7. The van der Waals surface area contributed by atoms with E-state index >= 15 is 0 Å². The Hall–Kier alpha value is -2.69. The molecule has 0 bridgehead atoms. The topological polar surface area (TPSA) is 58.2 Å². The van der Waals surface area contributed by atoms with Crippen molar-refractivity contribution in [3.8, 4) is 11.1 Å². The molecule has 22 heavy (non-hydrogen) atoms. The van der Waals surface area contributed by atoms with Crippen molar-refractivity contribution >= 4 is 11.8 Å². The molecule has 2 aromatic carbocycles. The molecular weight excluding hydrogens is 283 g/mol. The van der Waals surface area contributed by atoms with Gasteiger partial charge in [0.25, 0.3) is 5.91 Å². The highest BCUT2D eigenvalue weighted by molar-refractivity contribution is 5.98. The Morgan fingerprint density at radius 1 is 1.18 bits per heavy atom. The van der Waals surface area contributed by atoms with Gasteiger partial charge in [0.1, 0.15) is 11.9 Å². The molecule has 1 aliphatic rings. The normalized spacial score (nSPS) is 17.1. The molecule has 0 radical (unpaired) electrons. The summed E-state index contributed by atoms with van der Waals surface area (Å²) < 4.78 is 13.8. The summed E-state index contributed by atoms with van der Waals surface area (Å²) in [7, 11) is 0. The van der Waals surface area contributed by atoms with Gasteiger partial charge in [0.05, 0.1) is 0 Å². The van der Waals surface area contributed by atoms with Crippen molar-refractivity contribution in [1.82, 2.24) is 10.6 Å². The van der Waals surface area contributed by atoms with Crippen LogP contribution in [0.25, 0.3) is 11.1 Å². The summed E-state index contributed by atoms with van der Waals surface area (Å²) in [5, 5.41) is 5.36. The first-order chi connectivity index (χ1) is 10.6. The van der Waals surface area contributed by atoms with Gasteiger partial charge < -0.3 is 10.6 Å². The summed E-state index contributed by atoms with van der Waals surface area (Å²) in [5.41, 5.74) is 1.47. The highest BCUT2D eigenvalue weighted by atomic mass is 19.1. The van der Waals surface area contributed by atoms with E-state index in [1.165, 1.54) is 6.07 Å². The molecule has 3 rings (SSSR count). The summed E-state index contributed by atoms with van der Waals surface area (Å²) in [5.74, 6) is -0.839. The third-order valence-electron chi connectivity index (χ3n) is 3.66. The first-order valence-corrected chi connectivity index (χ1v) is 7.09. The van der Waals surface area contributed by atoms with Crippen LogP contribution in [0.2, 0.25) is 0 Å². The zero-order valence-electron chi connectivity index (χ0n) is 11.8. The van der Waals surface area contributed by atoms with Crippen molar-refractivity contribution in [2.45, 2.75) is 12.5 Å². The van der Waals surface area contributed by atoms with Gasteiger partial charge in [-0.25, -0.2) is 4.39 Å². The van der Waals surface area contributed by atoms with Crippen LogP contribution in [-0.2, 0) is 4.79 Å². The molecule has 2 amide bonds. The van der Waals surface area contributed by atoms with Gasteiger partial charge in [-0.2, -0.15) is 0 Å². The minimum Gasteiger partial charge on any atom is -0.354 e. The number of halogens is 1. The fourth-order valence-electron chi connectivity index (χ4n) is 2.50. The van der Waals surface area contributed by atoms with Crippen molar-refractivity contribution in [2.24, 2.45) is 0 Å². The van der Waals surface area contributed by atoms with E-state index in [0.29, 0.717) is 29.7 Å². The van der Waals surface area contributed by atoms with Crippen LogP contribution in [-0.4, -0.2) is 24.4 Å². The van der Waals surface area contributed by atoms with Gasteiger partial charge in [0.15, 0.2) is 0 Å². The number of nitrogens with one attached hydrogen (secondary N) is 2. The molecule has 1 atom stereocenters. The van der Waals surface area contributed by atoms with Crippen LogP contribution in [0.15, 0.2) is 48.5 Å². The minimum atomic E-state index is -0.496. The molecule has 1 saturated heterocycles. The molecule has 1 aliphatic heterocycles. The molecule has 0 aliphatic carbocycles. The summed E-state index contributed by atoms with van der Waals surface area (Å²) in [6.45, 7) is 0.568. The van der Waals surface area contributed by atoms with Gasteiger partial charge in [-0.1, -0.05) is 30.3 Å². The lowest BCUT2D eigenvalue weighted by atomic mass is 10.0. The van der Waals surface area contributed by atoms with Gasteiger partial charge in [-0.05, 0) is 30.2 Å². The minimum absolute atomic E-state index is 0.168. The third-order valence-corrected chi connectivity index (χ3v) is 3.66. The lowest BCUT2D eigenvalue weighted by molar-refractivity contribution is -0.120. The maximum Gasteiger partial charge on any atom is 0.251 e. The first-order valence-electron chi connectivity index (χ1n) is 7.09. The average Bonchev–Trinajstić information content (AvgIpc) is 2.93. The van der Waals surface area contributed by atoms with Crippen molar-refractivity contribution in [3.63, 3.8) is 0 Å². The monoisotopic (exact) mass is 298 g/mol. The molecule has 0 saturated carbocycles. The van der Waals surface area contributed by atoms with Crippen LogP contribution in [0.3, 0.4) is 0 Å². The van der Waals surface area contributed by atoms with Gasteiger partial charge in [0, 0.05) is 17.7 Å². The maximum absolute atomic E-state index is 13.8. The van der Waals surface area contributed by atoms with E-state index in [2.05, 4.69) is 10.6 Å². The Labute approximate surface area is 127 Å². The number of rotatable bonds is 3. The average molecular weight is 298 g/mol. The maximum atomic E-state index is 13.8. The third kappa shape index (κ3) is 2.83. The Kier molecular flexibility index (Phi) is 3.87. The van der Waals surface area contributed by atoms with Crippen LogP contribution in [0.5, 0.6) is 0 Å². The molecule has 4 nitrogen and oxygen atoms in total. The molecular formula is C17H15FN2O2. The number of carbonyl (C=O) groups excluding carboxylic acids is 2. The highest BCUT2D eigenvalue weighted by Crippen LogP contribution is 2.23. The first kappa shape index (κ1) is 14.3. The van der Waals surface area contributed by atoms with Gasteiger partial charge in [0.2, 0.25) is 5.91 Å². The molecule has 2 aromatic rings. The van der Waals surface area contributed by atoms with Crippen LogP contribution in [0, 0.1) is 5.82 Å². The molecule has 1 fully saturated rings. The highest BCUT2D eigenvalue weighted by Gasteiger charge is 2.25. The van der Waals surface area contributed by atoms with Crippen LogP contribution < -0.4 is 10.6 Å². The molecule has 1 heterocycles. The smallest absolute Gasteiger partial charge is 0.251 e. The molecule has 112 valence electrons. The summed E-state index contributed by atoms with van der Waals surface area (Å²) in [6, 6.07) is 12.6. The SMILES string of the molecule is O=C(N[C@@H]1CCNC1=O)c1cccc(-c2ccccc2F)c1. The van der Waals surface area contributed by atoms with E-state index in [-0.39, 0.29) is 17.6 Å². The largest absolute Gasteiger partial charge is 0.354 e. The van der Waals surface area contributed by atoms with E-state index in [4.69, 9.17) is 0 Å². The summed E-state index contributed by atoms with van der Waals surface area (Å²) in [6.07, 6.45) is 0.581. The molecule has 5 heteroatoms. The van der Waals surface area contributed by atoms with Gasteiger partial charge >= 0.3 is 0 Å². The van der Waals surface area contributed by atoms with Gasteiger partial charge in [-0.3, -0.25) is 9.59 Å². The molecule has 0 aromatic heterocycles. The number of benzene rings is 2. The van der Waals surface area contributed by atoms with E-state index in [1.54, 1.807) is 42.5 Å². The standard InChI is InChI=1S/C17H15FN2O2/c18-14-7-2-1-6-13(14)11-4-3-5-12(10-11)16(21)20-15-8-9-19-17(15)22/h1-7,10,15H,8-9H2,(H,19,22)(H,20,21)/t15-/m1/s1. The van der Waals surface area contributed by atoms with Crippen molar-refractivity contribution in [2.75, 3.05) is 6.54 Å². The Morgan fingerprint density at radius 2 is 2.00 bits per heavy atom. The zero-order chi connectivity index (χ0) is 15.5. The fourth-order valence-corrected chi connectivity index (χ4v) is 2.50. The fraction of sp³-hybridized carbons (Fsp3) is 0.176.